The first-order valence-electron chi connectivity index (χ1n) is 2.84. The number of halogens is 1. The molecule has 0 spiro atoms. The zero-order valence-electron chi connectivity index (χ0n) is 5.45. The Morgan fingerprint density at radius 2 is 2.27 bits per heavy atom. The first kappa shape index (κ1) is 8.23. The zero-order valence-corrected chi connectivity index (χ0v) is 7.04. The van der Waals surface area contributed by atoms with Crippen molar-refractivity contribution in [3.8, 4) is 5.75 Å². The molecule has 58 valence electrons. The monoisotopic (exact) mass is 216 g/mol. The number of carbonyl (C=O) groups is 1. The van der Waals surface area contributed by atoms with Crippen molar-refractivity contribution in [1.82, 2.24) is 0 Å². The molecule has 0 fully saturated rings. The predicted octanol–water partition coefficient (Wildman–Crippen LogP) is 2.11. The van der Waals surface area contributed by atoms with E-state index in [1.54, 1.807) is 12.1 Å². The predicted molar refractivity (Wildman–Crippen MR) is 42.8 cm³/mol. The van der Waals surface area contributed by atoms with E-state index < -0.39 is 0 Å². The molecule has 0 saturated carbocycles. The summed E-state index contributed by atoms with van der Waals surface area (Å²) in [6.07, 6.45) is 0.676. The Morgan fingerprint density at radius 1 is 1.55 bits per heavy atom. The molecule has 1 N–H and O–H groups in total. The van der Waals surface area contributed by atoms with E-state index in [2.05, 4.69) is 20.8 Å². The molecule has 0 unspecified atom stereocenters. The van der Waals surface area contributed by atoms with Crippen molar-refractivity contribution in [2.75, 3.05) is 0 Å². The van der Waals surface area contributed by atoms with Gasteiger partial charge in [-0.25, -0.2) is 5.26 Å². The SMILES string of the molecule is O=Cc1ccc(Br)c(OO)c1. The average Bonchev–Trinajstić information content (AvgIpc) is 2.05. The topological polar surface area (TPSA) is 46.5 Å². The number of rotatable bonds is 2. The summed E-state index contributed by atoms with van der Waals surface area (Å²) in [5.41, 5.74) is 0.456. The van der Waals surface area contributed by atoms with Gasteiger partial charge in [-0.1, -0.05) is 6.07 Å². The maximum absolute atomic E-state index is 10.2. The fourth-order valence-electron chi connectivity index (χ4n) is 0.663. The van der Waals surface area contributed by atoms with Crippen LogP contribution in [0, 0.1) is 0 Å². The minimum atomic E-state index is 0.231. The van der Waals surface area contributed by atoms with Gasteiger partial charge in [0.15, 0.2) is 5.75 Å². The number of carbonyl (C=O) groups excluding carboxylic acids is 1. The molecule has 0 aliphatic rings. The van der Waals surface area contributed by atoms with Crippen molar-refractivity contribution < 1.29 is 14.9 Å². The van der Waals surface area contributed by atoms with E-state index in [1.807, 2.05) is 0 Å². The fourth-order valence-corrected chi connectivity index (χ4v) is 0.982. The number of aldehydes is 1. The van der Waals surface area contributed by atoms with Gasteiger partial charge in [-0.2, -0.15) is 0 Å². The lowest BCUT2D eigenvalue weighted by atomic mass is 10.2. The molecular formula is C7H5BrO3. The largest absolute Gasteiger partial charge is 0.339 e. The molecule has 11 heavy (non-hydrogen) atoms. The minimum Gasteiger partial charge on any atom is -0.339 e. The lowest BCUT2D eigenvalue weighted by Crippen LogP contribution is -1.87. The highest BCUT2D eigenvalue weighted by atomic mass is 79.9. The van der Waals surface area contributed by atoms with Crippen molar-refractivity contribution in [1.29, 1.82) is 0 Å². The van der Waals surface area contributed by atoms with Gasteiger partial charge in [0.25, 0.3) is 0 Å². The second kappa shape index (κ2) is 3.50. The highest BCUT2D eigenvalue weighted by Gasteiger charge is 2.01. The van der Waals surface area contributed by atoms with Crippen LogP contribution in [0.4, 0.5) is 0 Å². The highest BCUT2D eigenvalue weighted by Crippen LogP contribution is 2.24. The van der Waals surface area contributed by atoms with Gasteiger partial charge < -0.3 is 4.89 Å². The molecule has 0 radical (unpaired) electrons. The lowest BCUT2D eigenvalue weighted by Gasteiger charge is -1.99. The maximum atomic E-state index is 10.2. The molecule has 0 heterocycles. The van der Waals surface area contributed by atoms with Crippen molar-refractivity contribution in [3.05, 3.63) is 28.2 Å². The van der Waals surface area contributed by atoms with E-state index in [-0.39, 0.29) is 5.75 Å². The van der Waals surface area contributed by atoms with Crippen LogP contribution in [0.5, 0.6) is 5.75 Å². The normalized spacial score (nSPS) is 9.27. The van der Waals surface area contributed by atoms with Crippen LogP contribution >= 0.6 is 15.9 Å². The van der Waals surface area contributed by atoms with Crippen LogP contribution in [0.3, 0.4) is 0 Å². The molecule has 1 aromatic rings. The lowest BCUT2D eigenvalue weighted by molar-refractivity contribution is -0.138. The van der Waals surface area contributed by atoms with Gasteiger partial charge in [0, 0.05) is 5.56 Å². The second-order valence-corrected chi connectivity index (χ2v) is 2.75. The molecule has 1 rings (SSSR count). The van der Waals surface area contributed by atoms with E-state index >= 15 is 0 Å². The Balaban J connectivity index is 3.12. The van der Waals surface area contributed by atoms with Gasteiger partial charge in [-0.3, -0.25) is 4.79 Å². The van der Waals surface area contributed by atoms with E-state index in [4.69, 9.17) is 5.26 Å². The second-order valence-electron chi connectivity index (χ2n) is 1.90. The molecule has 0 bridgehead atoms. The number of hydrogen-bond donors (Lipinski definition) is 1. The van der Waals surface area contributed by atoms with E-state index in [9.17, 15) is 4.79 Å². The molecule has 0 aliphatic heterocycles. The van der Waals surface area contributed by atoms with Crippen molar-refractivity contribution in [2.24, 2.45) is 0 Å². The molecular weight excluding hydrogens is 212 g/mol. The zero-order chi connectivity index (χ0) is 8.27. The average molecular weight is 217 g/mol. The Hall–Kier alpha value is -0.870. The molecule has 0 amide bonds. The Bertz CT molecular complexity index is 272. The molecule has 0 atom stereocenters. The van der Waals surface area contributed by atoms with Crippen LogP contribution in [-0.4, -0.2) is 11.5 Å². The Kier molecular flexibility index (Phi) is 2.62. The van der Waals surface area contributed by atoms with E-state index in [0.29, 0.717) is 16.3 Å². The summed E-state index contributed by atoms with van der Waals surface area (Å²) in [6.45, 7) is 0. The first-order chi connectivity index (χ1) is 5.27. The summed E-state index contributed by atoms with van der Waals surface area (Å²) in [5, 5.41) is 8.29. The quantitative estimate of drug-likeness (QED) is 0.468. The Morgan fingerprint density at radius 3 is 2.82 bits per heavy atom. The molecule has 0 aliphatic carbocycles. The standard InChI is InChI=1S/C7H5BrO3/c8-6-2-1-5(4-9)3-7(6)11-10/h1-4,10H. The molecule has 0 saturated heterocycles. The van der Waals surface area contributed by atoms with Crippen LogP contribution in [-0.2, 0) is 0 Å². The molecule has 0 aromatic heterocycles. The summed E-state index contributed by atoms with van der Waals surface area (Å²) in [4.78, 5) is 14.2. The van der Waals surface area contributed by atoms with Crippen LogP contribution in [0.1, 0.15) is 10.4 Å². The third kappa shape index (κ3) is 1.78. The third-order valence-corrected chi connectivity index (χ3v) is 1.84. The van der Waals surface area contributed by atoms with Crippen LogP contribution in [0.2, 0.25) is 0 Å². The number of benzene rings is 1. The summed E-state index contributed by atoms with van der Waals surface area (Å²) in [6, 6.07) is 4.66. The van der Waals surface area contributed by atoms with Gasteiger partial charge in [0.05, 0.1) is 4.47 Å². The van der Waals surface area contributed by atoms with Crippen molar-refractivity contribution >= 4 is 22.2 Å². The molecule has 3 nitrogen and oxygen atoms in total. The molecule has 4 heteroatoms. The van der Waals surface area contributed by atoms with Gasteiger partial charge in [-0.15, -0.1) is 0 Å². The minimum absolute atomic E-state index is 0.231. The van der Waals surface area contributed by atoms with Gasteiger partial charge in [-0.05, 0) is 28.1 Å². The smallest absolute Gasteiger partial charge is 0.179 e. The van der Waals surface area contributed by atoms with Crippen molar-refractivity contribution in [2.45, 2.75) is 0 Å². The summed E-state index contributed by atoms with van der Waals surface area (Å²) < 4.78 is 0.602. The van der Waals surface area contributed by atoms with Crippen LogP contribution in [0.15, 0.2) is 22.7 Å². The third-order valence-electron chi connectivity index (χ3n) is 1.19. The summed E-state index contributed by atoms with van der Waals surface area (Å²) in [5.74, 6) is 0.231. The van der Waals surface area contributed by atoms with Gasteiger partial charge in [0.1, 0.15) is 6.29 Å². The first-order valence-corrected chi connectivity index (χ1v) is 3.63. The van der Waals surface area contributed by atoms with Crippen molar-refractivity contribution in [3.63, 3.8) is 0 Å². The van der Waals surface area contributed by atoms with E-state index in [0.717, 1.165) is 0 Å². The molecule has 1 aromatic carbocycles. The Labute approximate surface area is 71.7 Å². The fraction of sp³-hybridized carbons (Fsp3) is 0. The van der Waals surface area contributed by atoms with Crippen LogP contribution < -0.4 is 4.89 Å². The van der Waals surface area contributed by atoms with Gasteiger partial charge in [0.2, 0.25) is 0 Å². The number of hydrogen-bond acceptors (Lipinski definition) is 3. The van der Waals surface area contributed by atoms with Crippen LogP contribution in [0.25, 0.3) is 0 Å². The summed E-state index contributed by atoms with van der Waals surface area (Å²) >= 11 is 3.12. The summed E-state index contributed by atoms with van der Waals surface area (Å²) in [7, 11) is 0. The van der Waals surface area contributed by atoms with E-state index in [1.165, 1.54) is 6.07 Å². The van der Waals surface area contributed by atoms with Gasteiger partial charge >= 0.3 is 0 Å². The highest BCUT2D eigenvalue weighted by molar-refractivity contribution is 9.10. The maximum Gasteiger partial charge on any atom is 0.179 e.